The molecule has 27 heavy (non-hydrogen) atoms. The third kappa shape index (κ3) is 6.13. The van der Waals surface area contributed by atoms with Gasteiger partial charge in [-0.1, -0.05) is 42.5 Å². The first-order valence-electron chi connectivity index (χ1n) is 8.45. The van der Waals surface area contributed by atoms with Crippen LogP contribution in [-0.4, -0.2) is 17.9 Å². The Labute approximate surface area is 155 Å². The van der Waals surface area contributed by atoms with Crippen LogP contribution in [0.4, 0.5) is 13.2 Å². The van der Waals surface area contributed by atoms with Crippen LogP contribution in [0.15, 0.2) is 54.6 Å². The van der Waals surface area contributed by atoms with Crippen LogP contribution < -0.4 is 10.6 Å². The molecule has 0 saturated heterocycles. The van der Waals surface area contributed by atoms with Crippen molar-refractivity contribution in [3.05, 3.63) is 71.3 Å². The van der Waals surface area contributed by atoms with Gasteiger partial charge in [0.1, 0.15) is 6.04 Å². The number of rotatable bonds is 6. The number of carbonyl (C=O) groups is 2. The van der Waals surface area contributed by atoms with Crippen LogP contribution in [0.3, 0.4) is 0 Å². The van der Waals surface area contributed by atoms with E-state index in [1.165, 1.54) is 19.1 Å². The molecular formula is C20H21F3N2O2. The van der Waals surface area contributed by atoms with Gasteiger partial charge in [-0.2, -0.15) is 13.2 Å². The lowest BCUT2D eigenvalue weighted by molar-refractivity contribution is -0.137. The van der Waals surface area contributed by atoms with Crippen LogP contribution in [0.5, 0.6) is 0 Å². The smallest absolute Gasteiger partial charge is 0.348 e. The summed E-state index contributed by atoms with van der Waals surface area (Å²) in [5, 5.41) is 5.27. The molecule has 2 aromatic carbocycles. The third-order valence-corrected chi connectivity index (χ3v) is 4.05. The topological polar surface area (TPSA) is 58.2 Å². The predicted octanol–water partition coefficient (Wildman–Crippen LogP) is 3.63. The second-order valence-corrected chi connectivity index (χ2v) is 6.30. The zero-order valence-corrected chi connectivity index (χ0v) is 15.0. The van der Waals surface area contributed by atoms with Gasteiger partial charge >= 0.3 is 6.18 Å². The van der Waals surface area contributed by atoms with Gasteiger partial charge in [0.2, 0.25) is 11.8 Å². The van der Waals surface area contributed by atoms with E-state index >= 15 is 0 Å². The number of hydrogen-bond donors (Lipinski definition) is 2. The lowest BCUT2D eigenvalue weighted by Gasteiger charge is -2.22. The summed E-state index contributed by atoms with van der Waals surface area (Å²) in [5.41, 5.74) is 0.418. The van der Waals surface area contributed by atoms with Gasteiger partial charge in [0.15, 0.2) is 0 Å². The summed E-state index contributed by atoms with van der Waals surface area (Å²) in [6.07, 6.45) is -4.17. The Morgan fingerprint density at radius 2 is 1.67 bits per heavy atom. The first-order chi connectivity index (χ1) is 12.7. The molecule has 2 rings (SSSR count). The number of halogens is 3. The lowest BCUT2D eigenvalue weighted by atomic mass is 10.0. The van der Waals surface area contributed by atoms with Crippen molar-refractivity contribution in [1.82, 2.24) is 10.6 Å². The van der Waals surface area contributed by atoms with E-state index in [2.05, 4.69) is 10.6 Å². The molecular weight excluding hydrogens is 357 g/mol. The van der Waals surface area contributed by atoms with Gasteiger partial charge in [-0.05, 0) is 30.2 Å². The Bertz CT molecular complexity index is 791. The second kappa shape index (κ2) is 8.70. The number of hydrogen-bond acceptors (Lipinski definition) is 2. The maximum absolute atomic E-state index is 12.9. The van der Waals surface area contributed by atoms with Crippen molar-refractivity contribution in [1.29, 1.82) is 0 Å². The van der Waals surface area contributed by atoms with Crippen molar-refractivity contribution in [2.24, 2.45) is 0 Å². The van der Waals surface area contributed by atoms with E-state index in [1.54, 1.807) is 6.92 Å². The summed E-state index contributed by atoms with van der Waals surface area (Å²) in [6.45, 7) is 2.90. The average molecular weight is 378 g/mol. The van der Waals surface area contributed by atoms with Crippen molar-refractivity contribution < 1.29 is 22.8 Å². The fraction of sp³-hybridized carbons (Fsp3) is 0.300. The van der Waals surface area contributed by atoms with Gasteiger partial charge < -0.3 is 10.6 Å². The molecule has 2 N–H and O–H groups in total. The standard InChI is InChI=1S/C20H21F3N2O2/c1-13(16-9-6-10-17(12-16)20(21,22)23)24-19(27)18(25-14(2)26)11-15-7-4-3-5-8-15/h3-10,12-13,18H,11H2,1-2H3,(H,24,27)(H,25,26)/t13-,18+/m1/s1. The summed E-state index contributed by atoms with van der Waals surface area (Å²) in [6, 6.07) is 12.5. The Morgan fingerprint density at radius 1 is 1.00 bits per heavy atom. The second-order valence-electron chi connectivity index (χ2n) is 6.30. The zero-order chi connectivity index (χ0) is 20.0. The van der Waals surface area contributed by atoms with Gasteiger partial charge in [0.05, 0.1) is 11.6 Å². The summed E-state index contributed by atoms with van der Waals surface area (Å²) >= 11 is 0. The maximum Gasteiger partial charge on any atom is 0.416 e. The number of nitrogens with one attached hydrogen (secondary N) is 2. The minimum atomic E-state index is -4.45. The minimum Gasteiger partial charge on any atom is -0.348 e. The Morgan fingerprint density at radius 3 is 2.26 bits per heavy atom. The van der Waals surface area contributed by atoms with Crippen LogP contribution in [0.25, 0.3) is 0 Å². The van der Waals surface area contributed by atoms with Gasteiger partial charge in [-0.25, -0.2) is 0 Å². The largest absolute Gasteiger partial charge is 0.416 e. The summed E-state index contributed by atoms with van der Waals surface area (Å²) < 4.78 is 38.6. The molecule has 0 bridgehead atoms. The molecule has 0 aromatic heterocycles. The quantitative estimate of drug-likeness (QED) is 0.807. The highest BCUT2D eigenvalue weighted by Gasteiger charge is 2.31. The monoisotopic (exact) mass is 378 g/mol. The maximum atomic E-state index is 12.9. The molecule has 4 nitrogen and oxygen atoms in total. The van der Waals surface area contributed by atoms with E-state index in [0.29, 0.717) is 5.56 Å². The van der Waals surface area contributed by atoms with Crippen LogP contribution in [-0.2, 0) is 22.2 Å². The van der Waals surface area contributed by atoms with Crippen LogP contribution in [0, 0.1) is 0 Å². The normalized spacial score (nSPS) is 13.5. The molecule has 0 aliphatic rings. The molecule has 0 heterocycles. The molecule has 0 spiro atoms. The Kier molecular flexibility index (Phi) is 6.60. The lowest BCUT2D eigenvalue weighted by Crippen LogP contribution is -2.48. The molecule has 2 amide bonds. The number of carbonyl (C=O) groups excluding carboxylic acids is 2. The molecule has 0 radical (unpaired) electrons. The zero-order valence-electron chi connectivity index (χ0n) is 15.0. The van der Waals surface area contributed by atoms with E-state index in [0.717, 1.165) is 17.7 Å². The number of alkyl halides is 3. The Balaban J connectivity index is 2.12. The van der Waals surface area contributed by atoms with Crippen molar-refractivity contribution in [3.8, 4) is 0 Å². The molecule has 0 aliphatic heterocycles. The van der Waals surface area contributed by atoms with Crippen molar-refractivity contribution in [2.75, 3.05) is 0 Å². The van der Waals surface area contributed by atoms with E-state index in [9.17, 15) is 22.8 Å². The summed E-state index contributed by atoms with van der Waals surface area (Å²) in [4.78, 5) is 24.0. The molecule has 7 heteroatoms. The molecule has 0 fully saturated rings. The average Bonchev–Trinajstić information content (AvgIpc) is 2.61. The van der Waals surface area contributed by atoms with Gasteiger partial charge in [0, 0.05) is 13.3 Å². The van der Waals surface area contributed by atoms with Crippen LogP contribution in [0.2, 0.25) is 0 Å². The fourth-order valence-electron chi connectivity index (χ4n) is 2.69. The number of amides is 2. The first-order valence-corrected chi connectivity index (χ1v) is 8.45. The van der Waals surface area contributed by atoms with E-state index < -0.39 is 29.7 Å². The minimum absolute atomic E-state index is 0.279. The SMILES string of the molecule is CC(=O)N[C@@H](Cc1ccccc1)C(=O)N[C@H](C)c1cccc(C(F)(F)F)c1. The molecule has 2 aromatic rings. The van der Waals surface area contributed by atoms with E-state index in [-0.39, 0.29) is 12.3 Å². The highest BCUT2D eigenvalue weighted by atomic mass is 19.4. The van der Waals surface area contributed by atoms with Crippen molar-refractivity contribution >= 4 is 11.8 Å². The fourth-order valence-corrected chi connectivity index (χ4v) is 2.69. The van der Waals surface area contributed by atoms with E-state index in [1.807, 2.05) is 30.3 Å². The Hall–Kier alpha value is -2.83. The third-order valence-electron chi connectivity index (χ3n) is 4.05. The molecule has 0 unspecified atom stereocenters. The first kappa shape index (κ1) is 20.5. The van der Waals surface area contributed by atoms with Gasteiger partial charge in [-0.15, -0.1) is 0 Å². The highest BCUT2D eigenvalue weighted by Crippen LogP contribution is 2.30. The van der Waals surface area contributed by atoms with Crippen molar-refractivity contribution in [3.63, 3.8) is 0 Å². The van der Waals surface area contributed by atoms with E-state index in [4.69, 9.17) is 0 Å². The predicted molar refractivity (Wildman–Crippen MR) is 95.8 cm³/mol. The van der Waals surface area contributed by atoms with Crippen LogP contribution >= 0.6 is 0 Å². The number of benzene rings is 2. The summed E-state index contributed by atoms with van der Waals surface area (Å²) in [7, 11) is 0. The molecule has 144 valence electrons. The molecule has 2 atom stereocenters. The van der Waals surface area contributed by atoms with Crippen molar-refractivity contribution in [2.45, 2.75) is 38.5 Å². The van der Waals surface area contributed by atoms with Crippen LogP contribution in [0.1, 0.15) is 36.6 Å². The molecule has 0 saturated carbocycles. The highest BCUT2D eigenvalue weighted by molar-refractivity contribution is 5.87. The summed E-state index contributed by atoms with van der Waals surface area (Å²) in [5.74, 6) is -0.822. The van der Waals surface area contributed by atoms with Gasteiger partial charge in [0.25, 0.3) is 0 Å². The molecule has 0 aliphatic carbocycles. The van der Waals surface area contributed by atoms with Gasteiger partial charge in [-0.3, -0.25) is 9.59 Å².